The van der Waals surface area contributed by atoms with E-state index in [9.17, 15) is 27.2 Å². The average molecular weight is 570 g/mol. The third kappa shape index (κ3) is 6.35. The fraction of sp³-hybridized carbons (Fsp3) is 0.214. The molecule has 13 heteroatoms. The number of ether oxygens (including phenoxy) is 1. The first-order valence-corrected chi connectivity index (χ1v) is 12.4. The van der Waals surface area contributed by atoms with E-state index in [4.69, 9.17) is 14.9 Å². The minimum atomic E-state index is -4.80. The SMILES string of the molecule is Nc1ccc(/C=C/C(=O)NCc2cc3cc(-c4ccc(F)c(C(=O)N5CCOCC5)n4)cc(C(F)(F)F)c3o2)cn1. The highest BCUT2D eigenvalue weighted by Gasteiger charge is 2.35. The molecule has 0 saturated carbocycles. The number of nitrogens with two attached hydrogens (primary N) is 1. The van der Waals surface area contributed by atoms with Crippen LogP contribution in [0.2, 0.25) is 0 Å². The van der Waals surface area contributed by atoms with E-state index in [0.29, 0.717) is 11.4 Å². The second-order valence-corrected chi connectivity index (χ2v) is 9.15. The second-order valence-electron chi connectivity index (χ2n) is 9.15. The molecule has 2 amide bonds. The van der Waals surface area contributed by atoms with Crippen LogP contribution in [-0.2, 0) is 22.3 Å². The van der Waals surface area contributed by atoms with E-state index in [1.54, 1.807) is 12.1 Å². The van der Waals surface area contributed by atoms with E-state index in [0.717, 1.165) is 12.1 Å². The Morgan fingerprint density at radius 1 is 1.10 bits per heavy atom. The number of benzene rings is 1. The van der Waals surface area contributed by atoms with Gasteiger partial charge in [-0.15, -0.1) is 0 Å². The predicted octanol–water partition coefficient (Wildman–Crippen LogP) is 4.43. The molecule has 41 heavy (non-hydrogen) atoms. The Morgan fingerprint density at radius 2 is 1.88 bits per heavy atom. The Hall–Kier alpha value is -4.78. The summed E-state index contributed by atoms with van der Waals surface area (Å²) in [4.78, 5) is 34.4. The second kappa shape index (κ2) is 11.4. The van der Waals surface area contributed by atoms with Crippen LogP contribution in [0.5, 0.6) is 0 Å². The number of morpholine rings is 1. The molecule has 9 nitrogen and oxygen atoms in total. The fourth-order valence-electron chi connectivity index (χ4n) is 4.24. The number of alkyl halides is 3. The number of rotatable bonds is 6. The molecule has 1 aromatic carbocycles. The van der Waals surface area contributed by atoms with Gasteiger partial charge < -0.3 is 25.1 Å². The highest BCUT2D eigenvalue weighted by atomic mass is 19.4. The van der Waals surface area contributed by atoms with Gasteiger partial charge in [0, 0.05) is 36.3 Å². The molecule has 1 saturated heterocycles. The van der Waals surface area contributed by atoms with Crippen molar-refractivity contribution < 1.29 is 36.3 Å². The third-order valence-electron chi connectivity index (χ3n) is 6.29. The predicted molar refractivity (Wildman–Crippen MR) is 141 cm³/mol. The zero-order valence-corrected chi connectivity index (χ0v) is 21.4. The number of aromatic nitrogens is 2. The highest BCUT2D eigenvalue weighted by Crippen LogP contribution is 2.39. The lowest BCUT2D eigenvalue weighted by molar-refractivity contribution is -0.136. The van der Waals surface area contributed by atoms with Crippen LogP contribution in [0.1, 0.15) is 27.4 Å². The molecule has 0 unspecified atom stereocenters. The van der Waals surface area contributed by atoms with E-state index in [1.807, 2.05) is 0 Å². The van der Waals surface area contributed by atoms with Crippen molar-refractivity contribution >= 4 is 34.7 Å². The fourth-order valence-corrected chi connectivity index (χ4v) is 4.24. The summed E-state index contributed by atoms with van der Waals surface area (Å²) in [6.07, 6.45) is -0.575. The lowest BCUT2D eigenvalue weighted by Gasteiger charge is -2.26. The number of hydrogen-bond acceptors (Lipinski definition) is 7. The maximum atomic E-state index is 14.5. The normalized spacial score (nSPS) is 14.1. The Labute approximate surface area is 230 Å². The van der Waals surface area contributed by atoms with Crippen molar-refractivity contribution in [3.8, 4) is 11.3 Å². The number of nitrogens with one attached hydrogen (secondary N) is 1. The van der Waals surface area contributed by atoms with Crippen LogP contribution in [0, 0.1) is 5.82 Å². The van der Waals surface area contributed by atoms with Crippen molar-refractivity contribution in [2.75, 3.05) is 32.0 Å². The van der Waals surface area contributed by atoms with Crippen LogP contribution in [0.25, 0.3) is 28.3 Å². The lowest BCUT2D eigenvalue weighted by atomic mass is 10.0. The molecule has 1 fully saturated rings. The maximum absolute atomic E-state index is 14.5. The van der Waals surface area contributed by atoms with Gasteiger partial charge in [0.25, 0.3) is 5.91 Å². The summed E-state index contributed by atoms with van der Waals surface area (Å²) in [5, 5.41) is 2.64. The Kier molecular flexibility index (Phi) is 7.70. The summed E-state index contributed by atoms with van der Waals surface area (Å²) in [6.45, 7) is 0.891. The van der Waals surface area contributed by atoms with Gasteiger partial charge in [-0.25, -0.2) is 14.4 Å². The van der Waals surface area contributed by atoms with Gasteiger partial charge >= 0.3 is 6.18 Å². The first-order chi connectivity index (χ1) is 19.6. The molecule has 0 spiro atoms. The summed E-state index contributed by atoms with van der Waals surface area (Å²) in [7, 11) is 0. The van der Waals surface area contributed by atoms with Gasteiger partial charge in [0.15, 0.2) is 11.5 Å². The smallest absolute Gasteiger partial charge is 0.420 e. The van der Waals surface area contributed by atoms with Crippen LogP contribution >= 0.6 is 0 Å². The van der Waals surface area contributed by atoms with Crippen LogP contribution in [-0.4, -0.2) is 53.0 Å². The summed E-state index contributed by atoms with van der Waals surface area (Å²) in [5.41, 5.74) is 4.15. The molecule has 0 aliphatic carbocycles. The minimum Gasteiger partial charge on any atom is -0.459 e. The van der Waals surface area contributed by atoms with E-state index in [2.05, 4.69) is 15.3 Å². The first kappa shape index (κ1) is 27.8. The monoisotopic (exact) mass is 569 g/mol. The Bertz CT molecular complexity index is 1630. The van der Waals surface area contributed by atoms with Gasteiger partial charge in [-0.3, -0.25) is 9.59 Å². The number of nitrogens with zero attached hydrogens (tertiary/aromatic N) is 3. The maximum Gasteiger partial charge on any atom is 0.420 e. The van der Waals surface area contributed by atoms with Crippen LogP contribution < -0.4 is 11.1 Å². The lowest BCUT2D eigenvalue weighted by Crippen LogP contribution is -2.41. The largest absolute Gasteiger partial charge is 0.459 e. The van der Waals surface area contributed by atoms with E-state index in [1.165, 1.54) is 41.4 Å². The van der Waals surface area contributed by atoms with Gasteiger partial charge in [-0.1, -0.05) is 0 Å². The number of amides is 2. The van der Waals surface area contributed by atoms with Gasteiger partial charge in [-0.05, 0) is 54.1 Å². The number of nitrogen functional groups attached to an aromatic ring is 1. The van der Waals surface area contributed by atoms with Crippen LogP contribution in [0.15, 0.2) is 59.2 Å². The molecule has 0 radical (unpaired) electrons. The van der Waals surface area contributed by atoms with E-state index >= 15 is 0 Å². The number of furan rings is 1. The molecule has 212 valence electrons. The Balaban J connectivity index is 1.41. The number of pyridine rings is 2. The van der Waals surface area contributed by atoms with E-state index in [-0.39, 0.29) is 55.3 Å². The third-order valence-corrected chi connectivity index (χ3v) is 6.29. The molecule has 5 rings (SSSR count). The Morgan fingerprint density at radius 3 is 2.59 bits per heavy atom. The number of halogens is 4. The summed E-state index contributed by atoms with van der Waals surface area (Å²) in [6, 6.07) is 9.04. The van der Waals surface area contributed by atoms with Crippen molar-refractivity contribution in [1.82, 2.24) is 20.2 Å². The summed E-state index contributed by atoms with van der Waals surface area (Å²) in [5.74, 6) is -1.66. The zero-order valence-electron chi connectivity index (χ0n) is 21.4. The van der Waals surface area contributed by atoms with Gasteiger partial charge in [0.05, 0.1) is 31.0 Å². The number of hydrogen-bond donors (Lipinski definition) is 2. The number of carbonyl (C=O) groups excluding carboxylic acids is 2. The molecule has 1 aliphatic heterocycles. The van der Waals surface area contributed by atoms with Crippen LogP contribution in [0.3, 0.4) is 0 Å². The number of anilines is 1. The molecule has 0 atom stereocenters. The first-order valence-electron chi connectivity index (χ1n) is 12.4. The summed E-state index contributed by atoms with van der Waals surface area (Å²) >= 11 is 0. The number of fused-ring (bicyclic) bond motifs is 1. The molecule has 1 aliphatic rings. The van der Waals surface area contributed by atoms with E-state index < -0.39 is 40.6 Å². The minimum absolute atomic E-state index is 0.0114. The standard InChI is InChI=1S/C28H23F4N5O4/c29-21-3-4-22(36-25(21)27(39)37-7-9-40-10-8-37)17-11-18-12-19(41-26(18)20(13-17)28(30,31)32)15-35-24(38)6-2-16-1-5-23(33)34-14-16/h1-6,11-14H,7-10,15H2,(H2,33,34)(H,35,38)/b6-2+. The van der Waals surface area contributed by atoms with Gasteiger partial charge in [0.1, 0.15) is 17.2 Å². The quantitative estimate of drug-likeness (QED) is 0.260. The highest BCUT2D eigenvalue weighted by molar-refractivity contribution is 5.94. The average Bonchev–Trinajstić information content (AvgIpc) is 3.38. The molecular formula is C28H23F4N5O4. The van der Waals surface area contributed by atoms with Crippen LogP contribution in [0.4, 0.5) is 23.4 Å². The molecule has 4 aromatic rings. The summed E-state index contributed by atoms with van der Waals surface area (Å²) < 4.78 is 67.3. The zero-order chi connectivity index (χ0) is 29.1. The van der Waals surface area contributed by atoms with Gasteiger partial charge in [0.2, 0.25) is 5.91 Å². The molecule has 0 bridgehead atoms. The van der Waals surface area contributed by atoms with Crippen molar-refractivity contribution in [3.63, 3.8) is 0 Å². The van der Waals surface area contributed by atoms with Crippen molar-refractivity contribution in [3.05, 3.63) is 83.1 Å². The molecule has 4 heterocycles. The van der Waals surface area contributed by atoms with Crippen molar-refractivity contribution in [2.24, 2.45) is 0 Å². The molecule has 3 N–H and O–H groups in total. The molecular weight excluding hydrogens is 546 g/mol. The van der Waals surface area contributed by atoms with Gasteiger partial charge in [-0.2, -0.15) is 13.2 Å². The van der Waals surface area contributed by atoms with Crippen molar-refractivity contribution in [1.29, 1.82) is 0 Å². The topological polar surface area (TPSA) is 124 Å². The molecule has 3 aromatic heterocycles. The number of carbonyl (C=O) groups is 2. The van der Waals surface area contributed by atoms with Crippen molar-refractivity contribution in [2.45, 2.75) is 12.7 Å².